The molecule has 0 fully saturated rings. The zero-order valence-corrected chi connectivity index (χ0v) is 8.77. The highest BCUT2D eigenvalue weighted by Gasteiger charge is 2.32. The van der Waals surface area contributed by atoms with Crippen molar-refractivity contribution in [2.45, 2.75) is 24.5 Å². The van der Waals surface area contributed by atoms with Crippen LogP contribution >= 0.6 is 7.82 Å². The van der Waals surface area contributed by atoms with E-state index in [1.54, 1.807) is 0 Å². The molecule has 10 heteroatoms. The van der Waals surface area contributed by atoms with Crippen molar-refractivity contribution in [3.8, 4) is 0 Å². The SMILES string of the molecule is O=C[C@@H](F)[C@@H](O)[C@H](O)[C@H](O)COP(=O)(O)O. The Morgan fingerprint density at radius 3 is 2.12 bits per heavy atom. The number of aldehydes is 1. The van der Waals surface area contributed by atoms with Gasteiger partial charge in [0.05, 0.1) is 6.61 Å². The molecule has 4 atom stereocenters. The van der Waals surface area contributed by atoms with Gasteiger partial charge in [-0.3, -0.25) is 4.52 Å². The van der Waals surface area contributed by atoms with E-state index in [9.17, 15) is 13.8 Å². The van der Waals surface area contributed by atoms with Crippen LogP contribution in [0.25, 0.3) is 0 Å². The number of hydrogen-bond donors (Lipinski definition) is 5. The summed E-state index contributed by atoms with van der Waals surface area (Å²) in [6.07, 6.45) is -8.95. The van der Waals surface area contributed by atoms with Crippen LogP contribution in [0.5, 0.6) is 0 Å². The monoisotopic (exact) mass is 262 g/mol. The Bertz CT molecular complexity index is 267. The summed E-state index contributed by atoms with van der Waals surface area (Å²) in [4.78, 5) is 26.4. The second-order valence-corrected chi connectivity index (χ2v) is 4.15. The average Bonchev–Trinajstić information content (AvgIpc) is 2.21. The molecule has 16 heavy (non-hydrogen) atoms. The predicted octanol–water partition coefficient (Wildman–Crippen LogP) is -2.28. The maximum Gasteiger partial charge on any atom is 0.469 e. The van der Waals surface area contributed by atoms with Crippen molar-refractivity contribution in [2.75, 3.05) is 6.61 Å². The van der Waals surface area contributed by atoms with Gasteiger partial charge in [-0.1, -0.05) is 0 Å². The molecule has 0 aromatic heterocycles. The van der Waals surface area contributed by atoms with Gasteiger partial charge in [-0.05, 0) is 0 Å². The van der Waals surface area contributed by atoms with E-state index in [1.807, 2.05) is 0 Å². The van der Waals surface area contributed by atoms with Gasteiger partial charge in [0.1, 0.15) is 18.3 Å². The van der Waals surface area contributed by atoms with E-state index in [0.717, 1.165) is 0 Å². The summed E-state index contributed by atoms with van der Waals surface area (Å²) in [5.41, 5.74) is 0. The fraction of sp³-hybridized carbons (Fsp3) is 0.833. The molecule has 0 aliphatic carbocycles. The lowest BCUT2D eigenvalue weighted by Crippen LogP contribution is -2.45. The number of phosphoric acid groups is 1. The number of aliphatic hydroxyl groups is 3. The highest BCUT2D eigenvalue weighted by molar-refractivity contribution is 7.46. The fourth-order valence-electron chi connectivity index (χ4n) is 0.769. The summed E-state index contributed by atoms with van der Waals surface area (Å²) in [6.45, 7) is -1.02. The molecule has 8 nitrogen and oxygen atoms in total. The molecule has 0 aliphatic rings. The Morgan fingerprint density at radius 1 is 1.25 bits per heavy atom. The molecular weight excluding hydrogens is 250 g/mol. The molecule has 0 heterocycles. The van der Waals surface area contributed by atoms with Crippen LogP contribution in [0.2, 0.25) is 0 Å². The summed E-state index contributed by atoms with van der Waals surface area (Å²) in [5.74, 6) is 0. The molecule has 0 radical (unpaired) electrons. The highest BCUT2D eigenvalue weighted by Crippen LogP contribution is 2.35. The normalized spacial score (nSPS) is 19.9. The van der Waals surface area contributed by atoms with Gasteiger partial charge in [0.15, 0.2) is 12.5 Å². The van der Waals surface area contributed by atoms with Gasteiger partial charge < -0.3 is 29.9 Å². The van der Waals surface area contributed by atoms with Gasteiger partial charge >= 0.3 is 7.82 Å². The van der Waals surface area contributed by atoms with Crippen LogP contribution in [0.4, 0.5) is 4.39 Å². The minimum atomic E-state index is -4.84. The molecule has 0 amide bonds. The Balaban J connectivity index is 4.22. The first-order valence-electron chi connectivity index (χ1n) is 4.02. The molecule has 0 aromatic carbocycles. The first-order valence-corrected chi connectivity index (χ1v) is 5.55. The van der Waals surface area contributed by atoms with Crippen molar-refractivity contribution < 1.29 is 43.4 Å². The summed E-state index contributed by atoms with van der Waals surface area (Å²) >= 11 is 0. The lowest BCUT2D eigenvalue weighted by molar-refractivity contribution is -0.127. The maximum absolute atomic E-state index is 12.5. The van der Waals surface area contributed by atoms with Crippen molar-refractivity contribution in [3.63, 3.8) is 0 Å². The Morgan fingerprint density at radius 2 is 1.75 bits per heavy atom. The van der Waals surface area contributed by atoms with Crippen molar-refractivity contribution in [2.24, 2.45) is 0 Å². The number of carbonyl (C=O) groups excluding carboxylic acids is 1. The Hall–Kier alpha value is -0.410. The van der Waals surface area contributed by atoms with Crippen LogP contribution in [0.1, 0.15) is 0 Å². The number of hydrogen-bond acceptors (Lipinski definition) is 6. The molecule has 0 unspecified atom stereocenters. The van der Waals surface area contributed by atoms with E-state index in [0.29, 0.717) is 0 Å². The first-order chi connectivity index (χ1) is 7.19. The van der Waals surface area contributed by atoms with Gasteiger partial charge in [-0.2, -0.15) is 0 Å². The van der Waals surface area contributed by atoms with E-state index in [4.69, 9.17) is 25.1 Å². The van der Waals surface area contributed by atoms with Crippen LogP contribution < -0.4 is 0 Å². The molecule has 0 rings (SSSR count). The van der Waals surface area contributed by atoms with Crippen molar-refractivity contribution in [3.05, 3.63) is 0 Å². The molecule has 0 aliphatic heterocycles. The van der Waals surface area contributed by atoms with E-state index in [-0.39, 0.29) is 6.29 Å². The van der Waals surface area contributed by atoms with Crippen molar-refractivity contribution in [1.82, 2.24) is 0 Å². The zero-order valence-electron chi connectivity index (χ0n) is 7.88. The van der Waals surface area contributed by atoms with E-state index >= 15 is 0 Å². The third-order valence-corrected chi connectivity index (χ3v) is 2.10. The second-order valence-electron chi connectivity index (χ2n) is 2.92. The minimum Gasteiger partial charge on any atom is -0.388 e. The standard InChI is InChI=1S/C6H12FO8P/c7-3(1-8)5(10)6(11)4(9)2-15-16(12,13)14/h1,3-6,9-11H,2H2,(H2,12,13,14)/t3-,4-,5-,6-/m1/s1. The Labute approximate surface area is 89.5 Å². The van der Waals surface area contributed by atoms with Gasteiger partial charge in [0.2, 0.25) is 0 Å². The van der Waals surface area contributed by atoms with Gasteiger partial charge in [0, 0.05) is 0 Å². The van der Waals surface area contributed by atoms with Crippen molar-refractivity contribution >= 4 is 14.1 Å². The molecule has 0 saturated heterocycles. The lowest BCUT2D eigenvalue weighted by Gasteiger charge is -2.23. The fourth-order valence-corrected chi connectivity index (χ4v) is 1.12. The maximum atomic E-state index is 12.5. The highest BCUT2D eigenvalue weighted by atomic mass is 31.2. The molecule has 0 spiro atoms. The lowest BCUT2D eigenvalue weighted by atomic mass is 10.1. The minimum absolute atomic E-state index is 0.287. The van der Waals surface area contributed by atoms with Gasteiger partial charge in [-0.25, -0.2) is 8.96 Å². The molecule has 0 bridgehead atoms. The first kappa shape index (κ1) is 15.6. The molecule has 96 valence electrons. The van der Waals surface area contributed by atoms with Crippen LogP contribution in [0.3, 0.4) is 0 Å². The molecule has 0 saturated carbocycles. The quantitative estimate of drug-likeness (QED) is 0.255. The van der Waals surface area contributed by atoms with Crippen LogP contribution in [-0.2, 0) is 13.9 Å². The van der Waals surface area contributed by atoms with Gasteiger partial charge in [0.25, 0.3) is 0 Å². The zero-order chi connectivity index (χ0) is 12.9. The summed E-state index contributed by atoms with van der Waals surface area (Å²) in [6, 6.07) is 0. The van der Waals surface area contributed by atoms with Gasteiger partial charge in [-0.15, -0.1) is 0 Å². The third kappa shape index (κ3) is 5.61. The summed E-state index contributed by atoms with van der Waals surface area (Å²) < 4.78 is 26.5. The Kier molecular flexibility index (Phi) is 6.19. The number of halogens is 1. The van der Waals surface area contributed by atoms with Crippen LogP contribution in [0, 0.1) is 0 Å². The number of alkyl halides is 1. The third-order valence-electron chi connectivity index (χ3n) is 1.61. The van der Waals surface area contributed by atoms with Crippen LogP contribution in [0.15, 0.2) is 0 Å². The number of carbonyl (C=O) groups is 1. The molecule has 5 N–H and O–H groups in total. The summed E-state index contributed by atoms with van der Waals surface area (Å²) in [7, 11) is -4.84. The van der Waals surface area contributed by atoms with Crippen LogP contribution in [-0.4, -0.2) is 62.5 Å². The predicted molar refractivity (Wildman–Crippen MR) is 47.0 cm³/mol. The topological polar surface area (TPSA) is 145 Å². The molecular formula is C6H12FO8P. The van der Waals surface area contributed by atoms with E-state index < -0.39 is 38.9 Å². The van der Waals surface area contributed by atoms with E-state index in [2.05, 4.69) is 4.52 Å². The molecule has 0 aromatic rings. The number of phosphoric ester groups is 1. The summed E-state index contributed by atoms with van der Waals surface area (Å²) in [5, 5.41) is 27.0. The smallest absolute Gasteiger partial charge is 0.388 e. The number of rotatable bonds is 7. The largest absolute Gasteiger partial charge is 0.469 e. The second kappa shape index (κ2) is 6.36. The van der Waals surface area contributed by atoms with E-state index in [1.165, 1.54) is 0 Å². The van der Waals surface area contributed by atoms with Crippen molar-refractivity contribution in [1.29, 1.82) is 0 Å². The average molecular weight is 262 g/mol. The number of aliphatic hydroxyl groups excluding tert-OH is 3.